The lowest BCUT2D eigenvalue weighted by Gasteiger charge is -2.34. The minimum Gasteiger partial charge on any atom is -0.380 e. The van der Waals surface area contributed by atoms with Gasteiger partial charge in [0.2, 0.25) is 0 Å². The first-order valence-corrected chi connectivity index (χ1v) is 7.72. The first-order chi connectivity index (χ1) is 10.3. The Morgan fingerprint density at radius 2 is 1.71 bits per heavy atom. The Morgan fingerprint density at radius 1 is 1.00 bits per heavy atom. The molecule has 1 atom stereocenters. The molecular weight excluding hydrogens is 258 g/mol. The van der Waals surface area contributed by atoms with Crippen LogP contribution in [0.2, 0.25) is 0 Å². The van der Waals surface area contributed by atoms with E-state index < -0.39 is 0 Å². The van der Waals surface area contributed by atoms with E-state index in [-0.39, 0.29) is 5.54 Å². The van der Waals surface area contributed by atoms with Crippen LogP contribution in [0.4, 0.5) is 0 Å². The zero-order valence-corrected chi connectivity index (χ0v) is 12.6. The van der Waals surface area contributed by atoms with Gasteiger partial charge in [-0.1, -0.05) is 54.6 Å². The first kappa shape index (κ1) is 14.3. The Balaban J connectivity index is 1.62. The molecule has 0 amide bonds. The zero-order chi connectivity index (χ0) is 14.5. The molecule has 1 heterocycles. The normalized spacial score (nSPS) is 22.1. The van der Waals surface area contributed by atoms with E-state index in [0.29, 0.717) is 0 Å². The lowest BCUT2D eigenvalue weighted by Crippen LogP contribution is -2.48. The average molecular weight is 281 g/mol. The number of benzene rings is 2. The van der Waals surface area contributed by atoms with Crippen molar-refractivity contribution < 1.29 is 4.74 Å². The van der Waals surface area contributed by atoms with Gasteiger partial charge >= 0.3 is 0 Å². The molecule has 1 unspecified atom stereocenters. The lowest BCUT2D eigenvalue weighted by atomic mass is 9.94. The van der Waals surface area contributed by atoms with Crippen molar-refractivity contribution in [3.8, 4) is 11.1 Å². The molecule has 0 bridgehead atoms. The first-order valence-electron chi connectivity index (χ1n) is 7.72. The molecule has 3 rings (SSSR count). The number of hydrogen-bond acceptors (Lipinski definition) is 2. The van der Waals surface area contributed by atoms with Crippen molar-refractivity contribution in [2.45, 2.75) is 31.8 Å². The Bertz CT molecular complexity index is 556. The summed E-state index contributed by atoms with van der Waals surface area (Å²) in [5.74, 6) is 0. The molecule has 1 saturated heterocycles. The highest BCUT2D eigenvalue weighted by molar-refractivity contribution is 5.63. The Kier molecular flexibility index (Phi) is 4.37. The van der Waals surface area contributed by atoms with E-state index in [2.05, 4.69) is 66.8 Å². The summed E-state index contributed by atoms with van der Waals surface area (Å²) in [7, 11) is 0. The van der Waals surface area contributed by atoms with E-state index in [1.165, 1.54) is 23.1 Å². The van der Waals surface area contributed by atoms with Crippen molar-refractivity contribution in [3.63, 3.8) is 0 Å². The maximum absolute atomic E-state index is 5.59. The average Bonchev–Trinajstić information content (AvgIpc) is 2.55. The van der Waals surface area contributed by atoms with Gasteiger partial charge in [0.1, 0.15) is 0 Å². The number of nitrogens with one attached hydrogen (secondary N) is 1. The van der Waals surface area contributed by atoms with E-state index in [1.54, 1.807) is 0 Å². The van der Waals surface area contributed by atoms with Gasteiger partial charge < -0.3 is 10.1 Å². The molecule has 1 fully saturated rings. The monoisotopic (exact) mass is 281 g/mol. The van der Waals surface area contributed by atoms with Crippen LogP contribution in [0, 0.1) is 0 Å². The van der Waals surface area contributed by atoms with E-state index in [1.807, 2.05) is 0 Å². The number of ether oxygens (including phenoxy) is 1. The van der Waals surface area contributed by atoms with Gasteiger partial charge in [-0.15, -0.1) is 0 Å². The minimum atomic E-state index is 0.121. The highest BCUT2D eigenvalue weighted by Crippen LogP contribution is 2.21. The fourth-order valence-electron chi connectivity index (χ4n) is 2.83. The van der Waals surface area contributed by atoms with Gasteiger partial charge in [-0.25, -0.2) is 0 Å². The van der Waals surface area contributed by atoms with Gasteiger partial charge in [0, 0.05) is 18.7 Å². The molecular formula is C19H23NO. The third kappa shape index (κ3) is 3.72. The van der Waals surface area contributed by atoms with Gasteiger partial charge in [-0.2, -0.15) is 0 Å². The third-order valence-corrected chi connectivity index (χ3v) is 4.22. The molecule has 1 aliphatic heterocycles. The third-order valence-electron chi connectivity index (χ3n) is 4.22. The molecule has 0 saturated carbocycles. The Labute approximate surface area is 127 Å². The van der Waals surface area contributed by atoms with E-state index in [0.717, 1.165) is 26.2 Å². The molecule has 2 aromatic carbocycles. The summed E-state index contributed by atoms with van der Waals surface area (Å²) < 4.78 is 5.59. The van der Waals surface area contributed by atoms with Crippen molar-refractivity contribution in [2.75, 3.05) is 13.2 Å². The topological polar surface area (TPSA) is 21.3 Å². The van der Waals surface area contributed by atoms with Gasteiger partial charge in [0.05, 0.1) is 6.61 Å². The van der Waals surface area contributed by atoms with Crippen LogP contribution < -0.4 is 5.32 Å². The van der Waals surface area contributed by atoms with Crippen molar-refractivity contribution in [1.82, 2.24) is 5.32 Å². The molecule has 2 aromatic rings. The molecule has 2 nitrogen and oxygen atoms in total. The summed E-state index contributed by atoms with van der Waals surface area (Å²) in [6, 6.07) is 19.3. The van der Waals surface area contributed by atoms with Gasteiger partial charge in [-0.05, 0) is 36.5 Å². The molecule has 2 heteroatoms. The van der Waals surface area contributed by atoms with E-state index >= 15 is 0 Å². The molecule has 110 valence electrons. The van der Waals surface area contributed by atoms with Crippen molar-refractivity contribution in [2.24, 2.45) is 0 Å². The Hall–Kier alpha value is -1.64. The fourth-order valence-corrected chi connectivity index (χ4v) is 2.83. The summed E-state index contributed by atoms with van der Waals surface area (Å²) in [6.45, 7) is 4.87. The molecule has 21 heavy (non-hydrogen) atoms. The second-order valence-electron chi connectivity index (χ2n) is 6.13. The molecule has 0 aromatic heterocycles. The van der Waals surface area contributed by atoms with Crippen LogP contribution in [0.5, 0.6) is 0 Å². The second-order valence-corrected chi connectivity index (χ2v) is 6.13. The van der Waals surface area contributed by atoms with E-state index in [9.17, 15) is 0 Å². The largest absolute Gasteiger partial charge is 0.380 e. The second kappa shape index (κ2) is 6.42. The van der Waals surface area contributed by atoms with Crippen LogP contribution in [0.15, 0.2) is 54.6 Å². The van der Waals surface area contributed by atoms with Gasteiger partial charge in [0.15, 0.2) is 0 Å². The minimum absolute atomic E-state index is 0.121. The van der Waals surface area contributed by atoms with Crippen LogP contribution in [-0.4, -0.2) is 18.8 Å². The highest BCUT2D eigenvalue weighted by atomic mass is 16.5. The number of hydrogen-bond donors (Lipinski definition) is 1. The smallest absolute Gasteiger partial charge is 0.0645 e. The highest BCUT2D eigenvalue weighted by Gasteiger charge is 2.26. The van der Waals surface area contributed by atoms with Crippen molar-refractivity contribution in [1.29, 1.82) is 0 Å². The van der Waals surface area contributed by atoms with Gasteiger partial charge in [-0.3, -0.25) is 0 Å². The number of rotatable bonds is 4. The standard InChI is InChI=1S/C19H23NO/c1-19(12-5-13-21-15-19)20-14-16-8-10-18(11-9-16)17-6-3-2-4-7-17/h2-4,6-11,20H,5,12-15H2,1H3. The van der Waals surface area contributed by atoms with Crippen LogP contribution >= 0.6 is 0 Å². The quantitative estimate of drug-likeness (QED) is 0.914. The maximum atomic E-state index is 5.59. The van der Waals surface area contributed by atoms with Crippen LogP contribution in [0.25, 0.3) is 11.1 Å². The summed E-state index contributed by atoms with van der Waals surface area (Å²) in [5.41, 5.74) is 3.98. The van der Waals surface area contributed by atoms with Crippen LogP contribution in [0.1, 0.15) is 25.3 Å². The summed E-state index contributed by atoms with van der Waals surface area (Å²) >= 11 is 0. The zero-order valence-electron chi connectivity index (χ0n) is 12.6. The predicted octanol–water partition coefficient (Wildman–Crippen LogP) is 4.01. The summed E-state index contributed by atoms with van der Waals surface area (Å²) in [6.07, 6.45) is 2.34. The Morgan fingerprint density at radius 3 is 2.38 bits per heavy atom. The molecule has 0 radical (unpaired) electrons. The van der Waals surface area contributed by atoms with Crippen LogP contribution in [-0.2, 0) is 11.3 Å². The van der Waals surface area contributed by atoms with Crippen LogP contribution in [0.3, 0.4) is 0 Å². The van der Waals surface area contributed by atoms with Crippen molar-refractivity contribution in [3.05, 3.63) is 60.2 Å². The lowest BCUT2D eigenvalue weighted by molar-refractivity contribution is 0.0278. The molecule has 1 N–H and O–H groups in total. The van der Waals surface area contributed by atoms with Gasteiger partial charge in [0.25, 0.3) is 0 Å². The molecule has 0 aliphatic carbocycles. The summed E-state index contributed by atoms with van der Waals surface area (Å²) in [4.78, 5) is 0. The SMILES string of the molecule is CC1(NCc2ccc(-c3ccccc3)cc2)CCCOC1. The fraction of sp³-hybridized carbons (Fsp3) is 0.368. The van der Waals surface area contributed by atoms with E-state index in [4.69, 9.17) is 4.74 Å². The molecule has 1 aliphatic rings. The summed E-state index contributed by atoms with van der Waals surface area (Å²) in [5, 5.41) is 3.65. The maximum Gasteiger partial charge on any atom is 0.0645 e. The molecule has 0 spiro atoms. The predicted molar refractivity (Wildman–Crippen MR) is 87.2 cm³/mol. The van der Waals surface area contributed by atoms with Crippen molar-refractivity contribution >= 4 is 0 Å².